The Hall–Kier alpha value is -1.31. The molecule has 2 rings (SSSR count). The van der Waals surface area contributed by atoms with Crippen molar-refractivity contribution in [3.63, 3.8) is 0 Å². The molecule has 0 aromatic heterocycles. The number of anilines is 1. The lowest BCUT2D eigenvalue weighted by Crippen LogP contribution is -2.26. The molecule has 0 fully saturated rings. The van der Waals surface area contributed by atoms with E-state index in [0.717, 1.165) is 18.5 Å². The highest BCUT2D eigenvalue weighted by Gasteiger charge is 2.24. The van der Waals surface area contributed by atoms with E-state index in [1.807, 2.05) is 25.1 Å². The van der Waals surface area contributed by atoms with E-state index in [9.17, 15) is 4.79 Å². The number of hydrogen-bond donors (Lipinski definition) is 1. The highest BCUT2D eigenvalue weighted by molar-refractivity contribution is 5.89. The van der Waals surface area contributed by atoms with Gasteiger partial charge in [0.2, 0.25) is 0 Å². The largest absolute Gasteiger partial charge is 0.375 e. The van der Waals surface area contributed by atoms with Gasteiger partial charge in [0.25, 0.3) is 0 Å². The summed E-state index contributed by atoms with van der Waals surface area (Å²) in [7, 11) is 0. The second-order valence-corrected chi connectivity index (χ2v) is 3.77. The van der Waals surface area contributed by atoms with Gasteiger partial charge in [0.1, 0.15) is 0 Å². The first-order chi connectivity index (χ1) is 6.81. The monoisotopic (exact) mass is 189 g/mol. The molecule has 0 radical (unpaired) electrons. The number of carbonyl (C=O) groups excluding carboxylic acids is 1. The minimum absolute atomic E-state index is 0.0207. The van der Waals surface area contributed by atoms with Gasteiger partial charge >= 0.3 is 0 Å². The zero-order chi connectivity index (χ0) is 9.97. The van der Waals surface area contributed by atoms with Gasteiger partial charge in [-0.25, -0.2) is 0 Å². The number of ketones is 1. The number of para-hydroxylation sites is 1. The molecule has 1 aliphatic heterocycles. The van der Waals surface area contributed by atoms with Crippen molar-refractivity contribution in [1.29, 1.82) is 0 Å². The fourth-order valence-electron chi connectivity index (χ4n) is 1.91. The lowest BCUT2D eigenvalue weighted by atomic mass is 10.0. The Labute approximate surface area is 84.3 Å². The summed E-state index contributed by atoms with van der Waals surface area (Å²) < 4.78 is 0. The molecule has 2 heteroatoms. The van der Waals surface area contributed by atoms with Gasteiger partial charge < -0.3 is 5.32 Å². The normalized spacial score (nSPS) is 18.8. The second kappa shape index (κ2) is 3.82. The third kappa shape index (κ3) is 1.65. The molecule has 0 bridgehead atoms. The minimum atomic E-state index is 0.0207. The van der Waals surface area contributed by atoms with Crippen LogP contribution >= 0.6 is 0 Å². The Bertz CT molecular complexity index is 321. The van der Waals surface area contributed by atoms with Crippen molar-refractivity contribution >= 4 is 11.5 Å². The van der Waals surface area contributed by atoms with Gasteiger partial charge in [-0.3, -0.25) is 4.79 Å². The Balaban J connectivity index is 2.08. The molecule has 1 aromatic rings. The van der Waals surface area contributed by atoms with Crippen molar-refractivity contribution in [1.82, 2.24) is 0 Å². The number of hydrogen-bond acceptors (Lipinski definition) is 2. The SMILES string of the molecule is CCCC(=O)C1Cc2ccccc2N1. The molecule has 0 spiro atoms. The lowest BCUT2D eigenvalue weighted by Gasteiger charge is -2.08. The molecule has 1 unspecified atom stereocenters. The van der Waals surface area contributed by atoms with E-state index >= 15 is 0 Å². The third-order valence-corrected chi connectivity index (χ3v) is 2.66. The first-order valence-corrected chi connectivity index (χ1v) is 5.18. The van der Waals surface area contributed by atoms with Crippen LogP contribution in [0.2, 0.25) is 0 Å². The van der Waals surface area contributed by atoms with Crippen LogP contribution < -0.4 is 5.32 Å². The van der Waals surface area contributed by atoms with E-state index in [1.165, 1.54) is 5.56 Å². The first kappa shape index (κ1) is 9.25. The van der Waals surface area contributed by atoms with E-state index in [2.05, 4.69) is 11.4 Å². The number of carbonyl (C=O) groups is 1. The fourth-order valence-corrected chi connectivity index (χ4v) is 1.91. The summed E-state index contributed by atoms with van der Waals surface area (Å²) in [4.78, 5) is 11.7. The van der Waals surface area contributed by atoms with Crippen molar-refractivity contribution < 1.29 is 4.79 Å². The van der Waals surface area contributed by atoms with Crippen LogP contribution in [0, 0.1) is 0 Å². The average molecular weight is 189 g/mol. The summed E-state index contributed by atoms with van der Waals surface area (Å²) in [6.45, 7) is 2.04. The van der Waals surface area contributed by atoms with Crippen molar-refractivity contribution in [2.75, 3.05) is 5.32 Å². The maximum atomic E-state index is 11.7. The van der Waals surface area contributed by atoms with Gasteiger partial charge in [0.05, 0.1) is 6.04 Å². The number of benzene rings is 1. The van der Waals surface area contributed by atoms with Gasteiger partial charge in [-0.2, -0.15) is 0 Å². The molecular weight excluding hydrogens is 174 g/mol. The number of fused-ring (bicyclic) bond motifs is 1. The Morgan fingerprint density at radius 1 is 1.50 bits per heavy atom. The predicted molar refractivity (Wildman–Crippen MR) is 57.5 cm³/mol. The Morgan fingerprint density at radius 3 is 3.00 bits per heavy atom. The number of rotatable bonds is 3. The molecule has 1 aliphatic rings. The van der Waals surface area contributed by atoms with Gasteiger partial charge in [0, 0.05) is 18.5 Å². The van der Waals surface area contributed by atoms with Crippen LogP contribution in [0.15, 0.2) is 24.3 Å². The molecule has 0 saturated heterocycles. The van der Waals surface area contributed by atoms with Gasteiger partial charge in [-0.05, 0) is 18.1 Å². The molecule has 1 atom stereocenters. The maximum Gasteiger partial charge on any atom is 0.155 e. The molecule has 74 valence electrons. The van der Waals surface area contributed by atoms with Crippen molar-refractivity contribution in [3.8, 4) is 0 Å². The summed E-state index contributed by atoms with van der Waals surface area (Å²) >= 11 is 0. The van der Waals surface area contributed by atoms with E-state index in [0.29, 0.717) is 12.2 Å². The fraction of sp³-hybridized carbons (Fsp3) is 0.417. The molecular formula is C12H15NO. The van der Waals surface area contributed by atoms with Crippen molar-refractivity contribution in [2.45, 2.75) is 32.2 Å². The molecule has 0 aliphatic carbocycles. The minimum Gasteiger partial charge on any atom is -0.375 e. The number of nitrogens with one attached hydrogen (secondary N) is 1. The van der Waals surface area contributed by atoms with Crippen LogP contribution in [0.3, 0.4) is 0 Å². The second-order valence-electron chi connectivity index (χ2n) is 3.77. The zero-order valence-electron chi connectivity index (χ0n) is 8.42. The molecule has 14 heavy (non-hydrogen) atoms. The molecule has 1 heterocycles. The third-order valence-electron chi connectivity index (χ3n) is 2.66. The predicted octanol–water partition coefficient (Wildman–Crippen LogP) is 2.39. The zero-order valence-corrected chi connectivity index (χ0v) is 8.42. The molecule has 0 amide bonds. The van der Waals surface area contributed by atoms with Gasteiger partial charge in [-0.15, -0.1) is 0 Å². The summed E-state index contributed by atoms with van der Waals surface area (Å²) in [5.41, 5.74) is 2.39. The van der Waals surface area contributed by atoms with Crippen LogP contribution in [0.4, 0.5) is 5.69 Å². The first-order valence-electron chi connectivity index (χ1n) is 5.18. The van der Waals surface area contributed by atoms with E-state index in [4.69, 9.17) is 0 Å². The Morgan fingerprint density at radius 2 is 2.29 bits per heavy atom. The molecule has 1 aromatic carbocycles. The van der Waals surface area contributed by atoms with Gasteiger partial charge in [0.15, 0.2) is 5.78 Å². The maximum absolute atomic E-state index is 11.7. The smallest absolute Gasteiger partial charge is 0.155 e. The Kier molecular flexibility index (Phi) is 2.53. The van der Waals surface area contributed by atoms with Crippen molar-refractivity contribution in [2.24, 2.45) is 0 Å². The topological polar surface area (TPSA) is 29.1 Å². The van der Waals surface area contributed by atoms with E-state index < -0.39 is 0 Å². The van der Waals surface area contributed by atoms with Crippen LogP contribution in [0.1, 0.15) is 25.3 Å². The molecule has 1 N–H and O–H groups in total. The van der Waals surface area contributed by atoms with Crippen LogP contribution in [0.25, 0.3) is 0 Å². The van der Waals surface area contributed by atoms with E-state index in [1.54, 1.807) is 0 Å². The van der Waals surface area contributed by atoms with Crippen LogP contribution in [-0.2, 0) is 11.2 Å². The number of Topliss-reactive ketones (excluding diaryl/α,β-unsaturated/α-hetero) is 1. The van der Waals surface area contributed by atoms with Crippen LogP contribution in [0.5, 0.6) is 0 Å². The standard InChI is InChI=1S/C12H15NO/c1-2-5-12(14)11-8-9-6-3-4-7-10(9)13-11/h3-4,6-7,11,13H,2,5,8H2,1H3. The van der Waals surface area contributed by atoms with Crippen molar-refractivity contribution in [3.05, 3.63) is 29.8 Å². The quantitative estimate of drug-likeness (QED) is 0.791. The van der Waals surface area contributed by atoms with Crippen LogP contribution in [-0.4, -0.2) is 11.8 Å². The molecule has 2 nitrogen and oxygen atoms in total. The average Bonchev–Trinajstić information content (AvgIpc) is 2.61. The summed E-state index contributed by atoms with van der Waals surface area (Å²) in [5.74, 6) is 0.337. The molecule has 0 saturated carbocycles. The van der Waals surface area contributed by atoms with Gasteiger partial charge in [-0.1, -0.05) is 25.1 Å². The summed E-state index contributed by atoms with van der Waals surface area (Å²) in [5, 5.41) is 3.27. The summed E-state index contributed by atoms with van der Waals surface area (Å²) in [6.07, 6.45) is 2.48. The highest BCUT2D eigenvalue weighted by atomic mass is 16.1. The highest BCUT2D eigenvalue weighted by Crippen LogP contribution is 2.25. The lowest BCUT2D eigenvalue weighted by molar-refractivity contribution is -0.119. The van der Waals surface area contributed by atoms with E-state index in [-0.39, 0.29) is 6.04 Å². The summed E-state index contributed by atoms with van der Waals surface area (Å²) in [6, 6.07) is 8.16.